The molecule has 7 heteroatoms. The van der Waals surface area contributed by atoms with Crippen molar-refractivity contribution in [1.82, 2.24) is 19.9 Å². The van der Waals surface area contributed by atoms with Crippen molar-refractivity contribution in [2.24, 2.45) is 0 Å². The zero-order valence-electron chi connectivity index (χ0n) is 22.3. The van der Waals surface area contributed by atoms with Gasteiger partial charge in [-0.05, 0) is 86.5 Å². The number of pyridine rings is 2. The first kappa shape index (κ1) is 28.4. The first-order chi connectivity index (χ1) is 19.0. The molecule has 5 rings (SSSR count). The third-order valence-electron chi connectivity index (χ3n) is 6.86. The second-order valence-electron chi connectivity index (χ2n) is 9.43. The van der Waals surface area contributed by atoms with E-state index in [9.17, 15) is 0 Å². The summed E-state index contributed by atoms with van der Waals surface area (Å²) < 4.78 is 0.772. The van der Waals surface area contributed by atoms with Crippen molar-refractivity contribution in [2.75, 3.05) is 25.4 Å². The molecule has 200 valence electrons. The average molecular weight is 556 g/mol. The number of rotatable bonds is 8. The molecule has 0 aliphatic carbocycles. The van der Waals surface area contributed by atoms with Gasteiger partial charge >= 0.3 is 0 Å². The molecule has 0 aromatic carbocycles. The Morgan fingerprint density at radius 2 is 1.97 bits per heavy atom. The minimum absolute atomic E-state index is 0.587. The van der Waals surface area contributed by atoms with Crippen LogP contribution in [0.25, 0.3) is 27.0 Å². The highest BCUT2D eigenvalue weighted by Gasteiger charge is 2.14. The topological polar surface area (TPSA) is 70.8 Å². The van der Waals surface area contributed by atoms with E-state index in [0.717, 1.165) is 68.1 Å². The zero-order chi connectivity index (χ0) is 27.8. The number of nitrogens with two attached hydrogens (primary N) is 1. The summed E-state index contributed by atoms with van der Waals surface area (Å²) in [7, 11) is 0. The number of aromatic nitrogens is 3. The van der Waals surface area contributed by atoms with Gasteiger partial charge in [0.2, 0.25) is 0 Å². The second-order valence-corrected chi connectivity index (χ2v) is 11.1. The molecule has 0 saturated carbocycles. The minimum atomic E-state index is 0.587. The summed E-state index contributed by atoms with van der Waals surface area (Å²) in [6.07, 6.45) is 20.6. The quantitative estimate of drug-likeness (QED) is 0.172. The lowest BCUT2D eigenvalue weighted by Crippen LogP contribution is -2.31. The first-order valence-corrected chi connectivity index (χ1v) is 14.3. The van der Waals surface area contributed by atoms with Gasteiger partial charge in [0.15, 0.2) is 0 Å². The largest absolute Gasteiger partial charge is 0.397 e. The first-order valence-electron chi connectivity index (χ1n) is 13.1. The molecule has 3 N–H and O–H groups in total. The summed E-state index contributed by atoms with van der Waals surface area (Å²) in [4.78, 5) is 16.6. The average Bonchev–Trinajstić information content (AvgIpc) is 3.59. The lowest BCUT2D eigenvalue weighted by atomic mass is 10.0. The number of aromatic amines is 1. The van der Waals surface area contributed by atoms with Crippen molar-refractivity contribution < 1.29 is 0 Å². The van der Waals surface area contributed by atoms with Gasteiger partial charge in [-0.2, -0.15) is 0 Å². The SMILES string of the molecule is C#C.C=C/C(=C\C(=C/C)c1ccc(N)c(Cc2cc3c(-c4ccc(Cl)s4)ccnc3[nH]2)n1)CN1CCCCC1. The van der Waals surface area contributed by atoms with Crippen molar-refractivity contribution in [1.29, 1.82) is 0 Å². The normalized spacial score (nSPS) is 14.7. The molecule has 5 heterocycles. The minimum Gasteiger partial charge on any atom is -0.397 e. The van der Waals surface area contributed by atoms with E-state index in [1.165, 1.54) is 24.8 Å². The number of fused-ring (bicyclic) bond motifs is 1. The third-order valence-corrected chi connectivity index (χ3v) is 8.12. The van der Waals surface area contributed by atoms with Gasteiger partial charge in [-0.3, -0.25) is 9.88 Å². The summed E-state index contributed by atoms with van der Waals surface area (Å²) in [5.74, 6) is 0. The number of hydrogen-bond acceptors (Lipinski definition) is 5. The summed E-state index contributed by atoms with van der Waals surface area (Å²) in [5.41, 5.74) is 14.1. The van der Waals surface area contributed by atoms with Crippen LogP contribution in [-0.2, 0) is 6.42 Å². The summed E-state index contributed by atoms with van der Waals surface area (Å²) in [6, 6.07) is 12.1. The molecule has 1 aliphatic heterocycles. The van der Waals surface area contributed by atoms with Crippen LogP contribution in [0.4, 0.5) is 5.69 Å². The van der Waals surface area contributed by atoms with Crippen LogP contribution in [0.2, 0.25) is 4.34 Å². The van der Waals surface area contributed by atoms with E-state index < -0.39 is 0 Å². The molecule has 39 heavy (non-hydrogen) atoms. The van der Waals surface area contributed by atoms with E-state index in [1.807, 2.05) is 49.5 Å². The van der Waals surface area contributed by atoms with E-state index in [-0.39, 0.29) is 0 Å². The predicted octanol–water partition coefficient (Wildman–Crippen LogP) is 7.76. The van der Waals surface area contributed by atoms with Crippen LogP contribution in [0.3, 0.4) is 0 Å². The number of nitrogens with one attached hydrogen (secondary N) is 1. The van der Waals surface area contributed by atoms with Gasteiger partial charge in [-0.1, -0.05) is 36.8 Å². The van der Waals surface area contributed by atoms with Crippen LogP contribution in [0.1, 0.15) is 43.3 Å². The number of nitrogen functional groups attached to an aromatic ring is 1. The molecule has 4 aromatic rings. The van der Waals surface area contributed by atoms with Crippen molar-refractivity contribution in [3.05, 3.63) is 94.4 Å². The Morgan fingerprint density at radius 3 is 2.67 bits per heavy atom. The van der Waals surface area contributed by atoms with Crippen LogP contribution in [-0.4, -0.2) is 39.5 Å². The number of likely N-dealkylation sites (tertiary alicyclic amines) is 1. The van der Waals surface area contributed by atoms with Gasteiger partial charge in [0, 0.05) is 40.7 Å². The number of H-pyrrole nitrogens is 1. The summed E-state index contributed by atoms with van der Waals surface area (Å²) in [6.45, 7) is 9.34. The van der Waals surface area contributed by atoms with Gasteiger partial charge < -0.3 is 10.7 Å². The lowest BCUT2D eigenvalue weighted by molar-refractivity contribution is 0.248. The van der Waals surface area contributed by atoms with E-state index >= 15 is 0 Å². The van der Waals surface area contributed by atoms with Gasteiger partial charge in [-0.15, -0.1) is 24.2 Å². The van der Waals surface area contributed by atoms with Crippen LogP contribution in [0.15, 0.2) is 73.0 Å². The molecule has 1 saturated heterocycles. The fourth-order valence-electron chi connectivity index (χ4n) is 4.90. The fourth-order valence-corrected chi connectivity index (χ4v) is 5.98. The molecular formula is C32H34ClN5S. The molecule has 0 radical (unpaired) electrons. The number of thiophene rings is 1. The van der Waals surface area contributed by atoms with Crippen molar-refractivity contribution >= 4 is 45.2 Å². The number of halogens is 1. The maximum atomic E-state index is 6.39. The number of hydrogen-bond donors (Lipinski definition) is 2. The Morgan fingerprint density at radius 1 is 1.18 bits per heavy atom. The molecule has 1 aliphatic rings. The summed E-state index contributed by atoms with van der Waals surface area (Å²) >= 11 is 7.76. The molecule has 0 spiro atoms. The van der Waals surface area contributed by atoms with E-state index in [1.54, 1.807) is 11.3 Å². The molecule has 5 nitrogen and oxygen atoms in total. The highest BCUT2D eigenvalue weighted by Crippen LogP contribution is 2.35. The maximum absolute atomic E-state index is 6.39. The number of piperidine rings is 1. The molecule has 0 atom stereocenters. The highest BCUT2D eigenvalue weighted by molar-refractivity contribution is 7.19. The second kappa shape index (κ2) is 13.4. The zero-order valence-corrected chi connectivity index (χ0v) is 23.9. The van der Waals surface area contributed by atoms with Crippen molar-refractivity contribution in [2.45, 2.75) is 32.6 Å². The van der Waals surface area contributed by atoms with E-state index in [4.69, 9.17) is 22.3 Å². The van der Waals surface area contributed by atoms with Gasteiger partial charge in [0.1, 0.15) is 5.65 Å². The standard InChI is InChI=1S/C30H32ClN5S.C2H2/c1-3-20(19-36-14-6-5-7-15-36)16-21(4-2)26-9-8-25(32)27(35-26)18-22-17-24-23(12-13-33-30(24)34-22)28-10-11-29(31)37-28;1-2/h3-4,8-13,16-17H,1,5-7,14-15,18-19,32H2,2H3,(H,33,34);1-2H/b20-16+,21-4+;. The van der Waals surface area contributed by atoms with Crippen molar-refractivity contribution in [3.63, 3.8) is 0 Å². The monoisotopic (exact) mass is 555 g/mol. The van der Waals surface area contributed by atoms with Gasteiger partial charge in [-0.25, -0.2) is 4.98 Å². The molecule has 0 bridgehead atoms. The van der Waals surface area contributed by atoms with Gasteiger partial charge in [0.25, 0.3) is 0 Å². The third kappa shape index (κ3) is 6.88. The highest BCUT2D eigenvalue weighted by atomic mass is 35.5. The lowest BCUT2D eigenvalue weighted by Gasteiger charge is -2.26. The van der Waals surface area contributed by atoms with Crippen LogP contribution >= 0.6 is 22.9 Å². The summed E-state index contributed by atoms with van der Waals surface area (Å²) in [5, 5.41) is 1.07. The Hall–Kier alpha value is -3.63. The Bertz CT molecular complexity index is 1520. The van der Waals surface area contributed by atoms with Crippen LogP contribution in [0.5, 0.6) is 0 Å². The maximum Gasteiger partial charge on any atom is 0.138 e. The number of nitrogens with zero attached hydrogens (tertiary/aromatic N) is 3. The Kier molecular flexibility index (Phi) is 9.78. The Labute approximate surface area is 240 Å². The number of allylic oxidation sites excluding steroid dienone is 3. The van der Waals surface area contributed by atoms with E-state index in [2.05, 4.69) is 52.5 Å². The van der Waals surface area contributed by atoms with Gasteiger partial charge in [0.05, 0.1) is 21.4 Å². The predicted molar refractivity (Wildman–Crippen MR) is 168 cm³/mol. The molecule has 1 fully saturated rings. The smallest absolute Gasteiger partial charge is 0.138 e. The molecule has 4 aromatic heterocycles. The van der Waals surface area contributed by atoms with Crippen molar-refractivity contribution in [3.8, 4) is 23.3 Å². The van der Waals surface area contributed by atoms with Crippen LogP contribution in [0, 0.1) is 12.8 Å². The van der Waals surface area contributed by atoms with E-state index in [0.29, 0.717) is 12.1 Å². The van der Waals surface area contributed by atoms with Crippen LogP contribution < -0.4 is 5.73 Å². The molecule has 0 unspecified atom stereocenters. The fraction of sp³-hybridized carbons (Fsp3) is 0.250. The number of anilines is 1. The molecule has 0 amide bonds. The molecular weight excluding hydrogens is 522 g/mol. The Balaban J connectivity index is 0.00000172. The number of terminal acetylenes is 1.